The maximum Gasteiger partial charge on any atom is 0.0959 e. The summed E-state index contributed by atoms with van der Waals surface area (Å²) >= 11 is 1.82. The molecule has 0 unspecified atom stereocenters. The topological polar surface area (TPSA) is 29.0 Å². The molecule has 2 aromatic rings. The molecule has 18 heavy (non-hydrogen) atoms. The largest absolute Gasteiger partial charge is 0.295 e. The molecule has 0 saturated heterocycles. The van der Waals surface area contributed by atoms with Crippen molar-refractivity contribution in [3.63, 3.8) is 0 Å². The highest BCUT2D eigenvalue weighted by atomic mass is 32.1. The van der Waals surface area contributed by atoms with Gasteiger partial charge in [-0.2, -0.15) is 0 Å². The molecule has 1 saturated carbocycles. The van der Waals surface area contributed by atoms with Crippen molar-refractivity contribution < 1.29 is 0 Å². The minimum Gasteiger partial charge on any atom is -0.295 e. The second-order valence-electron chi connectivity index (χ2n) is 4.94. The Hall–Kier alpha value is -1.26. The number of nitrogens with zero attached hydrogens (tertiary/aromatic N) is 3. The van der Waals surface area contributed by atoms with Gasteiger partial charge in [0, 0.05) is 30.6 Å². The van der Waals surface area contributed by atoms with E-state index in [4.69, 9.17) is 4.98 Å². The van der Waals surface area contributed by atoms with E-state index in [1.807, 2.05) is 29.7 Å². The molecule has 3 nitrogen and oxygen atoms in total. The van der Waals surface area contributed by atoms with Crippen LogP contribution in [0.5, 0.6) is 0 Å². The second kappa shape index (κ2) is 5.16. The molecular weight excluding hydrogens is 242 g/mol. The average molecular weight is 259 g/mol. The smallest absolute Gasteiger partial charge is 0.0959 e. The van der Waals surface area contributed by atoms with Gasteiger partial charge in [-0.3, -0.25) is 9.88 Å². The molecule has 0 aromatic carbocycles. The molecule has 0 N–H and O–H groups in total. The summed E-state index contributed by atoms with van der Waals surface area (Å²) in [7, 11) is 2.12. The van der Waals surface area contributed by atoms with Crippen molar-refractivity contribution in [3.8, 4) is 0 Å². The zero-order chi connectivity index (χ0) is 12.4. The van der Waals surface area contributed by atoms with Gasteiger partial charge in [0.05, 0.1) is 16.4 Å². The van der Waals surface area contributed by atoms with Crippen LogP contribution in [0.3, 0.4) is 0 Å². The second-order valence-corrected chi connectivity index (χ2v) is 5.83. The van der Waals surface area contributed by atoms with Gasteiger partial charge in [-0.15, -0.1) is 11.3 Å². The van der Waals surface area contributed by atoms with Gasteiger partial charge in [-0.25, -0.2) is 4.98 Å². The highest BCUT2D eigenvalue weighted by molar-refractivity contribution is 7.09. The van der Waals surface area contributed by atoms with Gasteiger partial charge in [0.1, 0.15) is 0 Å². The summed E-state index contributed by atoms with van der Waals surface area (Å²) in [5, 5.41) is 3.53. The molecule has 0 amide bonds. The maximum atomic E-state index is 4.71. The lowest BCUT2D eigenvalue weighted by atomic mass is 10.3. The Morgan fingerprint density at radius 2 is 2.11 bits per heavy atom. The molecule has 1 fully saturated rings. The van der Waals surface area contributed by atoms with E-state index in [9.17, 15) is 0 Å². The lowest BCUT2D eigenvalue weighted by Gasteiger charge is -2.14. The SMILES string of the molecule is CN(Cc1ccccn1)Cc1csc(C2CC2)n1. The fourth-order valence-electron chi connectivity index (χ4n) is 2.01. The number of hydrogen-bond acceptors (Lipinski definition) is 4. The van der Waals surface area contributed by atoms with E-state index in [1.165, 1.54) is 23.5 Å². The molecule has 2 heterocycles. The Bertz CT molecular complexity index is 505. The van der Waals surface area contributed by atoms with E-state index < -0.39 is 0 Å². The molecule has 94 valence electrons. The highest BCUT2D eigenvalue weighted by Gasteiger charge is 2.26. The molecule has 0 atom stereocenters. The van der Waals surface area contributed by atoms with E-state index in [0.717, 1.165) is 24.7 Å². The van der Waals surface area contributed by atoms with Crippen LogP contribution in [0.1, 0.15) is 35.2 Å². The minimum absolute atomic E-state index is 0.768. The first-order chi connectivity index (χ1) is 8.81. The van der Waals surface area contributed by atoms with Crippen molar-refractivity contribution in [1.82, 2.24) is 14.9 Å². The predicted octanol–water partition coefficient (Wildman–Crippen LogP) is 3.05. The van der Waals surface area contributed by atoms with Crippen molar-refractivity contribution in [3.05, 3.63) is 46.2 Å². The molecule has 1 aliphatic carbocycles. The first-order valence-electron chi connectivity index (χ1n) is 6.34. The summed E-state index contributed by atoms with van der Waals surface area (Å²) in [6, 6.07) is 6.04. The van der Waals surface area contributed by atoms with Crippen LogP contribution >= 0.6 is 11.3 Å². The fourth-order valence-corrected chi connectivity index (χ4v) is 3.00. The fraction of sp³-hybridized carbons (Fsp3) is 0.429. The van der Waals surface area contributed by atoms with Crippen molar-refractivity contribution in [2.45, 2.75) is 31.8 Å². The van der Waals surface area contributed by atoms with Crippen LogP contribution < -0.4 is 0 Å². The summed E-state index contributed by atoms with van der Waals surface area (Å²) in [6.45, 7) is 1.77. The monoisotopic (exact) mass is 259 g/mol. The number of rotatable bonds is 5. The van der Waals surface area contributed by atoms with Gasteiger partial charge in [-0.05, 0) is 32.0 Å². The minimum atomic E-state index is 0.768. The van der Waals surface area contributed by atoms with Crippen molar-refractivity contribution in [1.29, 1.82) is 0 Å². The zero-order valence-electron chi connectivity index (χ0n) is 10.5. The Labute approximate surface area is 112 Å². The van der Waals surface area contributed by atoms with Crippen molar-refractivity contribution in [2.75, 3.05) is 7.05 Å². The molecule has 0 spiro atoms. The standard InChI is InChI=1S/C14H17N3S/c1-17(8-12-4-2-3-7-15-12)9-13-10-18-14(16-13)11-5-6-11/h2-4,7,10-11H,5-6,8-9H2,1H3. The first-order valence-corrected chi connectivity index (χ1v) is 7.22. The summed E-state index contributed by atoms with van der Waals surface area (Å²) in [6.07, 6.45) is 4.50. The molecule has 0 radical (unpaired) electrons. The van der Waals surface area contributed by atoms with Crippen LogP contribution in [0.25, 0.3) is 0 Å². The lowest BCUT2D eigenvalue weighted by molar-refractivity contribution is 0.311. The molecule has 0 aliphatic heterocycles. The van der Waals surface area contributed by atoms with E-state index >= 15 is 0 Å². The van der Waals surface area contributed by atoms with Gasteiger partial charge >= 0.3 is 0 Å². The van der Waals surface area contributed by atoms with Crippen molar-refractivity contribution in [2.24, 2.45) is 0 Å². The molecule has 0 bridgehead atoms. The van der Waals surface area contributed by atoms with Crippen LogP contribution in [0.4, 0.5) is 0 Å². The number of pyridine rings is 1. The summed E-state index contributed by atoms with van der Waals surface area (Å²) in [5.41, 5.74) is 2.30. The summed E-state index contributed by atoms with van der Waals surface area (Å²) in [5.74, 6) is 0.768. The van der Waals surface area contributed by atoms with Gasteiger partial charge in [0.2, 0.25) is 0 Å². The zero-order valence-corrected chi connectivity index (χ0v) is 11.4. The molecular formula is C14H17N3S. The Morgan fingerprint density at radius 3 is 2.83 bits per heavy atom. The normalized spacial score (nSPS) is 15.2. The van der Waals surface area contributed by atoms with Gasteiger partial charge in [0.25, 0.3) is 0 Å². The molecule has 2 aromatic heterocycles. The van der Waals surface area contributed by atoms with Gasteiger partial charge < -0.3 is 0 Å². The summed E-state index contributed by atoms with van der Waals surface area (Å²) in [4.78, 5) is 11.3. The third-order valence-electron chi connectivity index (χ3n) is 3.09. The summed E-state index contributed by atoms with van der Waals surface area (Å²) < 4.78 is 0. The third-order valence-corrected chi connectivity index (χ3v) is 4.14. The third kappa shape index (κ3) is 2.94. The first kappa shape index (κ1) is 11.8. The lowest BCUT2D eigenvalue weighted by Crippen LogP contribution is -2.18. The number of aromatic nitrogens is 2. The average Bonchev–Trinajstić information content (AvgIpc) is 3.12. The molecule has 1 aliphatic rings. The number of thiazole rings is 1. The highest BCUT2D eigenvalue weighted by Crippen LogP contribution is 2.41. The van der Waals surface area contributed by atoms with E-state index in [2.05, 4.69) is 28.4 Å². The quantitative estimate of drug-likeness (QED) is 0.826. The van der Waals surface area contributed by atoms with Crippen molar-refractivity contribution >= 4 is 11.3 Å². The van der Waals surface area contributed by atoms with E-state index in [0.29, 0.717) is 0 Å². The maximum absolute atomic E-state index is 4.71. The van der Waals surface area contributed by atoms with Crippen LogP contribution in [-0.4, -0.2) is 21.9 Å². The predicted molar refractivity (Wildman–Crippen MR) is 73.5 cm³/mol. The van der Waals surface area contributed by atoms with Crippen LogP contribution in [0.2, 0.25) is 0 Å². The van der Waals surface area contributed by atoms with Crippen LogP contribution in [0, 0.1) is 0 Å². The molecule has 4 heteroatoms. The Morgan fingerprint density at radius 1 is 1.28 bits per heavy atom. The van der Waals surface area contributed by atoms with Gasteiger partial charge in [-0.1, -0.05) is 6.07 Å². The van der Waals surface area contributed by atoms with Gasteiger partial charge in [0.15, 0.2) is 0 Å². The molecule has 3 rings (SSSR count). The Balaban J connectivity index is 1.58. The Kier molecular flexibility index (Phi) is 3.39. The van der Waals surface area contributed by atoms with Crippen LogP contribution in [0.15, 0.2) is 29.8 Å². The van der Waals surface area contributed by atoms with E-state index in [1.54, 1.807) is 0 Å². The van der Waals surface area contributed by atoms with E-state index in [-0.39, 0.29) is 0 Å². The van der Waals surface area contributed by atoms with Crippen LogP contribution in [-0.2, 0) is 13.1 Å². The number of hydrogen-bond donors (Lipinski definition) is 0.